The monoisotopic (exact) mass is 339 g/mol. The Hall–Kier alpha value is -1.36. The fourth-order valence-corrected chi connectivity index (χ4v) is 3.10. The van der Waals surface area contributed by atoms with Crippen molar-refractivity contribution in [3.63, 3.8) is 0 Å². The molecule has 1 N–H and O–H groups in total. The van der Waals surface area contributed by atoms with Crippen LogP contribution in [0.4, 0.5) is 0 Å². The fraction of sp³-hybridized carbons (Fsp3) is 0.467. The molecule has 0 spiro atoms. The molecule has 2 rings (SSSR count). The summed E-state index contributed by atoms with van der Waals surface area (Å²) in [6.07, 6.45) is 3.90. The van der Waals surface area contributed by atoms with Crippen molar-refractivity contribution in [3.05, 3.63) is 33.8 Å². The SMILES string of the molecule is Cc1ccc(Br)c(C(=O)N(CC(=O)O)C2CCCC2)c1. The van der Waals surface area contributed by atoms with Gasteiger partial charge in [0.25, 0.3) is 5.91 Å². The predicted octanol–water partition coefficient (Wildman–Crippen LogP) is 3.23. The van der Waals surface area contributed by atoms with Gasteiger partial charge in [0, 0.05) is 10.5 Å². The zero-order valence-corrected chi connectivity index (χ0v) is 13.0. The summed E-state index contributed by atoms with van der Waals surface area (Å²) < 4.78 is 0.710. The van der Waals surface area contributed by atoms with Crippen LogP contribution in [0.3, 0.4) is 0 Å². The van der Waals surface area contributed by atoms with Crippen molar-refractivity contribution < 1.29 is 14.7 Å². The first kappa shape index (κ1) is 15.0. The van der Waals surface area contributed by atoms with E-state index in [1.165, 1.54) is 4.90 Å². The average Bonchev–Trinajstić information content (AvgIpc) is 2.91. The first-order valence-corrected chi connectivity index (χ1v) is 7.57. The predicted molar refractivity (Wildman–Crippen MR) is 79.8 cm³/mol. The molecule has 1 fully saturated rings. The molecule has 108 valence electrons. The molecule has 1 amide bonds. The summed E-state index contributed by atoms with van der Waals surface area (Å²) in [7, 11) is 0. The van der Waals surface area contributed by atoms with Crippen LogP contribution in [0.2, 0.25) is 0 Å². The van der Waals surface area contributed by atoms with Crippen LogP contribution in [0.15, 0.2) is 22.7 Å². The maximum absolute atomic E-state index is 12.7. The van der Waals surface area contributed by atoms with Crippen LogP contribution in [0.25, 0.3) is 0 Å². The number of nitrogens with zero attached hydrogens (tertiary/aromatic N) is 1. The number of rotatable bonds is 4. The Morgan fingerprint density at radius 1 is 1.35 bits per heavy atom. The number of carboxylic acids is 1. The molecule has 1 aromatic carbocycles. The van der Waals surface area contributed by atoms with Gasteiger partial charge in [-0.05, 0) is 47.8 Å². The lowest BCUT2D eigenvalue weighted by molar-refractivity contribution is -0.138. The van der Waals surface area contributed by atoms with Crippen LogP contribution in [0.5, 0.6) is 0 Å². The number of hydrogen-bond donors (Lipinski definition) is 1. The molecule has 0 aliphatic heterocycles. The molecule has 1 aliphatic rings. The van der Waals surface area contributed by atoms with Gasteiger partial charge in [-0.2, -0.15) is 0 Å². The summed E-state index contributed by atoms with van der Waals surface area (Å²) >= 11 is 3.38. The zero-order valence-electron chi connectivity index (χ0n) is 11.4. The highest BCUT2D eigenvalue weighted by Gasteiger charge is 2.29. The van der Waals surface area contributed by atoms with E-state index in [1.807, 2.05) is 19.1 Å². The van der Waals surface area contributed by atoms with E-state index < -0.39 is 5.97 Å². The summed E-state index contributed by atoms with van der Waals surface area (Å²) in [6.45, 7) is 1.68. The highest BCUT2D eigenvalue weighted by atomic mass is 79.9. The van der Waals surface area contributed by atoms with Gasteiger partial charge in [0.05, 0.1) is 5.56 Å². The van der Waals surface area contributed by atoms with Crippen molar-refractivity contribution in [1.82, 2.24) is 4.90 Å². The number of carbonyl (C=O) groups excluding carboxylic acids is 1. The minimum absolute atomic E-state index is 0.0472. The lowest BCUT2D eigenvalue weighted by Crippen LogP contribution is -2.42. The van der Waals surface area contributed by atoms with E-state index in [0.29, 0.717) is 10.0 Å². The number of amides is 1. The second-order valence-corrected chi connectivity index (χ2v) is 6.10. The molecule has 0 unspecified atom stereocenters. The molecule has 0 bridgehead atoms. The van der Waals surface area contributed by atoms with Gasteiger partial charge in [-0.25, -0.2) is 0 Å². The Labute approximate surface area is 126 Å². The van der Waals surface area contributed by atoms with Crippen molar-refractivity contribution in [2.45, 2.75) is 38.6 Å². The van der Waals surface area contributed by atoms with Gasteiger partial charge in [-0.15, -0.1) is 0 Å². The summed E-state index contributed by atoms with van der Waals surface area (Å²) in [5.41, 5.74) is 1.52. The van der Waals surface area contributed by atoms with E-state index in [1.54, 1.807) is 6.07 Å². The minimum Gasteiger partial charge on any atom is -0.480 e. The fourth-order valence-electron chi connectivity index (χ4n) is 2.69. The maximum Gasteiger partial charge on any atom is 0.323 e. The smallest absolute Gasteiger partial charge is 0.323 e. The van der Waals surface area contributed by atoms with E-state index in [4.69, 9.17) is 5.11 Å². The number of aryl methyl sites for hydroxylation is 1. The van der Waals surface area contributed by atoms with Crippen LogP contribution in [-0.2, 0) is 4.79 Å². The first-order valence-electron chi connectivity index (χ1n) is 6.78. The Bertz CT molecular complexity index is 524. The topological polar surface area (TPSA) is 57.6 Å². The van der Waals surface area contributed by atoms with Gasteiger partial charge in [0.2, 0.25) is 0 Å². The van der Waals surface area contributed by atoms with Crippen LogP contribution in [-0.4, -0.2) is 34.5 Å². The van der Waals surface area contributed by atoms with Crippen molar-refractivity contribution in [1.29, 1.82) is 0 Å². The molecule has 0 radical (unpaired) electrons. The number of hydrogen-bond acceptors (Lipinski definition) is 2. The van der Waals surface area contributed by atoms with Crippen LogP contribution in [0, 0.1) is 6.92 Å². The van der Waals surface area contributed by atoms with Crippen LogP contribution >= 0.6 is 15.9 Å². The van der Waals surface area contributed by atoms with Crippen molar-refractivity contribution in [2.75, 3.05) is 6.54 Å². The summed E-state index contributed by atoms with van der Waals surface area (Å²) in [6, 6.07) is 5.59. The molecule has 1 saturated carbocycles. The normalized spacial score (nSPS) is 15.3. The van der Waals surface area contributed by atoms with Gasteiger partial charge < -0.3 is 10.0 Å². The van der Waals surface area contributed by atoms with Gasteiger partial charge >= 0.3 is 5.97 Å². The molecular formula is C15H18BrNO3. The van der Waals surface area contributed by atoms with E-state index in [2.05, 4.69) is 15.9 Å². The molecule has 0 aromatic heterocycles. The molecule has 1 aromatic rings. The van der Waals surface area contributed by atoms with E-state index in [-0.39, 0.29) is 18.5 Å². The third-order valence-electron chi connectivity index (χ3n) is 3.68. The van der Waals surface area contributed by atoms with Gasteiger partial charge in [-0.3, -0.25) is 9.59 Å². The van der Waals surface area contributed by atoms with E-state index in [0.717, 1.165) is 31.2 Å². The Morgan fingerprint density at radius 2 is 2.00 bits per heavy atom. The third-order valence-corrected chi connectivity index (χ3v) is 4.38. The summed E-state index contributed by atoms with van der Waals surface area (Å²) in [4.78, 5) is 25.2. The average molecular weight is 340 g/mol. The van der Waals surface area contributed by atoms with Crippen molar-refractivity contribution in [3.8, 4) is 0 Å². The Balaban J connectivity index is 2.29. The van der Waals surface area contributed by atoms with Crippen molar-refractivity contribution in [2.24, 2.45) is 0 Å². The number of carbonyl (C=O) groups is 2. The van der Waals surface area contributed by atoms with Gasteiger partial charge in [0.1, 0.15) is 6.54 Å². The number of aliphatic carboxylic acids is 1. The summed E-state index contributed by atoms with van der Waals surface area (Å²) in [5, 5.41) is 9.06. The molecule has 20 heavy (non-hydrogen) atoms. The quantitative estimate of drug-likeness (QED) is 0.916. The van der Waals surface area contributed by atoms with Crippen molar-refractivity contribution >= 4 is 27.8 Å². The van der Waals surface area contributed by atoms with Gasteiger partial charge in [0.15, 0.2) is 0 Å². The molecule has 0 heterocycles. The molecule has 1 aliphatic carbocycles. The van der Waals surface area contributed by atoms with E-state index >= 15 is 0 Å². The standard InChI is InChI=1S/C15H18BrNO3/c1-10-6-7-13(16)12(8-10)15(20)17(9-14(18)19)11-4-2-3-5-11/h6-8,11H,2-5,9H2,1H3,(H,18,19). The zero-order chi connectivity index (χ0) is 14.7. The lowest BCUT2D eigenvalue weighted by Gasteiger charge is -2.28. The molecule has 5 heteroatoms. The highest BCUT2D eigenvalue weighted by Crippen LogP contribution is 2.27. The molecule has 0 saturated heterocycles. The van der Waals surface area contributed by atoms with Gasteiger partial charge in [-0.1, -0.05) is 24.5 Å². The van der Waals surface area contributed by atoms with Crippen LogP contribution < -0.4 is 0 Å². The molecular weight excluding hydrogens is 322 g/mol. The Morgan fingerprint density at radius 3 is 2.60 bits per heavy atom. The third kappa shape index (κ3) is 3.39. The molecule has 0 atom stereocenters. The lowest BCUT2D eigenvalue weighted by atomic mass is 10.1. The largest absolute Gasteiger partial charge is 0.480 e. The first-order chi connectivity index (χ1) is 9.49. The van der Waals surface area contributed by atoms with Crippen LogP contribution in [0.1, 0.15) is 41.6 Å². The number of halogens is 1. The number of benzene rings is 1. The Kier molecular flexibility index (Phi) is 4.81. The summed E-state index contributed by atoms with van der Waals surface area (Å²) in [5.74, 6) is -1.16. The maximum atomic E-state index is 12.7. The molecule has 4 nitrogen and oxygen atoms in total. The minimum atomic E-state index is -0.964. The van der Waals surface area contributed by atoms with E-state index in [9.17, 15) is 9.59 Å². The second-order valence-electron chi connectivity index (χ2n) is 5.25. The highest BCUT2D eigenvalue weighted by molar-refractivity contribution is 9.10. The second kappa shape index (κ2) is 6.39. The number of carboxylic acid groups (broad SMARTS) is 1.